The Balaban J connectivity index is 1.92. The molecule has 1 aliphatic rings. The first kappa shape index (κ1) is 21.9. The van der Waals surface area contributed by atoms with Crippen molar-refractivity contribution in [2.24, 2.45) is 11.8 Å². The van der Waals surface area contributed by atoms with Gasteiger partial charge in [-0.3, -0.25) is 9.59 Å². The van der Waals surface area contributed by atoms with Crippen LogP contribution < -0.4 is 10.2 Å². The molecular formula is C25H33N3O2. The van der Waals surface area contributed by atoms with Gasteiger partial charge in [0.15, 0.2) is 0 Å². The van der Waals surface area contributed by atoms with Gasteiger partial charge in [-0.25, -0.2) is 0 Å². The standard InChI is InChI=1S/C25H33N3O2/c1-17(2)25(30)28(18(3)19-9-7-6-8-10-19)16-21-15-22(13-14-23(21)27(4)5)26-24(29)20-11-12-20/h6-10,13-15,17-18,20H,11-12,16H2,1-5H3,(H,26,29). The van der Waals surface area contributed by atoms with Crippen molar-refractivity contribution in [1.29, 1.82) is 0 Å². The number of carbonyl (C=O) groups excluding carboxylic acids is 2. The van der Waals surface area contributed by atoms with E-state index in [0.717, 1.165) is 35.3 Å². The SMILES string of the molecule is CC(C)C(=O)N(Cc1cc(NC(=O)C2CC2)ccc1N(C)C)C(C)c1ccccc1. The van der Waals surface area contributed by atoms with Crippen molar-refractivity contribution >= 4 is 23.2 Å². The maximum Gasteiger partial charge on any atom is 0.227 e. The van der Waals surface area contributed by atoms with Crippen LogP contribution in [0.3, 0.4) is 0 Å². The number of nitrogens with one attached hydrogen (secondary N) is 1. The number of carbonyl (C=O) groups is 2. The molecule has 30 heavy (non-hydrogen) atoms. The minimum Gasteiger partial charge on any atom is -0.377 e. The third kappa shape index (κ3) is 5.21. The maximum atomic E-state index is 13.1. The van der Waals surface area contributed by atoms with Crippen LogP contribution in [-0.2, 0) is 16.1 Å². The van der Waals surface area contributed by atoms with Crippen molar-refractivity contribution in [3.8, 4) is 0 Å². The Kier molecular flexibility index (Phi) is 6.80. The summed E-state index contributed by atoms with van der Waals surface area (Å²) < 4.78 is 0. The lowest BCUT2D eigenvalue weighted by Gasteiger charge is -2.33. The Bertz CT molecular complexity index is 889. The van der Waals surface area contributed by atoms with E-state index < -0.39 is 0 Å². The number of anilines is 2. The predicted octanol–water partition coefficient (Wildman–Crippen LogP) is 4.85. The van der Waals surface area contributed by atoms with Gasteiger partial charge in [0.05, 0.1) is 6.04 Å². The monoisotopic (exact) mass is 407 g/mol. The Morgan fingerprint density at radius 1 is 1.03 bits per heavy atom. The molecule has 0 aromatic heterocycles. The molecule has 1 N–H and O–H groups in total. The lowest BCUT2D eigenvalue weighted by Crippen LogP contribution is -2.36. The van der Waals surface area contributed by atoms with Gasteiger partial charge in [0.2, 0.25) is 11.8 Å². The molecule has 0 heterocycles. The number of amides is 2. The summed E-state index contributed by atoms with van der Waals surface area (Å²) in [6.07, 6.45) is 1.94. The largest absolute Gasteiger partial charge is 0.377 e. The first-order valence-electron chi connectivity index (χ1n) is 10.7. The molecule has 2 amide bonds. The van der Waals surface area contributed by atoms with Crippen molar-refractivity contribution in [2.45, 2.75) is 46.2 Å². The third-order valence-electron chi connectivity index (χ3n) is 5.64. The second-order valence-electron chi connectivity index (χ2n) is 8.71. The molecule has 160 valence electrons. The number of benzene rings is 2. The molecule has 2 aromatic carbocycles. The summed E-state index contributed by atoms with van der Waals surface area (Å²) in [7, 11) is 3.99. The number of rotatable bonds is 8. The van der Waals surface area contributed by atoms with Crippen molar-refractivity contribution in [3.63, 3.8) is 0 Å². The first-order chi connectivity index (χ1) is 14.3. The van der Waals surface area contributed by atoms with E-state index in [9.17, 15) is 9.59 Å². The van der Waals surface area contributed by atoms with Gasteiger partial charge >= 0.3 is 0 Å². The van der Waals surface area contributed by atoms with Gasteiger partial charge in [-0.15, -0.1) is 0 Å². The average Bonchev–Trinajstić information content (AvgIpc) is 3.57. The van der Waals surface area contributed by atoms with Crippen molar-refractivity contribution < 1.29 is 9.59 Å². The minimum absolute atomic E-state index is 0.0548. The second-order valence-corrected chi connectivity index (χ2v) is 8.71. The van der Waals surface area contributed by atoms with Crippen LogP contribution in [0, 0.1) is 11.8 Å². The zero-order valence-corrected chi connectivity index (χ0v) is 18.7. The molecule has 1 aliphatic carbocycles. The summed E-state index contributed by atoms with van der Waals surface area (Å²) in [5.41, 5.74) is 3.96. The third-order valence-corrected chi connectivity index (χ3v) is 5.64. The van der Waals surface area contributed by atoms with Gasteiger partial charge < -0.3 is 15.1 Å². The second kappa shape index (κ2) is 9.33. The fourth-order valence-electron chi connectivity index (χ4n) is 3.65. The van der Waals surface area contributed by atoms with E-state index in [1.54, 1.807) is 0 Å². The van der Waals surface area contributed by atoms with Crippen LogP contribution in [0.4, 0.5) is 11.4 Å². The van der Waals surface area contributed by atoms with E-state index in [-0.39, 0.29) is 29.7 Å². The number of hydrogen-bond acceptors (Lipinski definition) is 3. The molecule has 1 saturated carbocycles. The number of hydrogen-bond donors (Lipinski definition) is 1. The lowest BCUT2D eigenvalue weighted by atomic mass is 10.0. The average molecular weight is 408 g/mol. The minimum atomic E-state index is -0.100. The topological polar surface area (TPSA) is 52.7 Å². The highest BCUT2D eigenvalue weighted by molar-refractivity contribution is 5.94. The van der Waals surface area contributed by atoms with Crippen LogP contribution in [0.5, 0.6) is 0 Å². The van der Waals surface area contributed by atoms with E-state index >= 15 is 0 Å². The molecule has 0 bridgehead atoms. The zero-order chi connectivity index (χ0) is 21.8. The molecule has 1 atom stereocenters. The highest BCUT2D eigenvalue weighted by atomic mass is 16.2. The highest BCUT2D eigenvalue weighted by Gasteiger charge is 2.30. The van der Waals surface area contributed by atoms with E-state index in [2.05, 4.69) is 24.4 Å². The molecule has 0 radical (unpaired) electrons. The fraction of sp³-hybridized carbons (Fsp3) is 0.440. The Hall–Kier alpha value is -2.82. The summed E-state index contributed by atoms with van der Waals surface area (Å²) >= 11 is 0. The maximum absolute atomic E-state index is 13.1. The summed E-state index contributed by atoms with van der Waals surface area (Å²) in [6, 6.07) is 16.0. The van der Waals surface area contributed by atoms with Crippen LogP contribution in [-0.4, -0.2) is 30.8 Å². The molecule has 1 fully saturated rings. The Labute approximate surface area is 180 Å². The van der Waals surface area contributed by atoms with Crippen LogP contribution in [0.25, 0.3) is 0 Å². The zero-order valence-electron chi connectivity index (χ0n) is 18.7. The molecule has 0 spiro atoms. The molecule has 5 heteroatoms. The van der Waals surface area contributed by atoms with Gasteiger partial charge in [-0.05, 0) is 49.1 Å². The van der Waals surface area contributed by atoms with E-state index in [1.807, 2.05) is 74.1 Å². The van der Waals surface area contributed by atoms with Gasteiger partial charge in [-0.2, -0.15) is 0 Å². The molecule has 3 rings (SSSR count). The first-order valence-corrected chi connectivity index (χ1v) is 10.7. The molecule has 5 nitrogen and oxygen atoms in total. The predicted molar refractivity (Wildman–Crippen MR) is 122 cm³/mol. The van der Waals surface area contributed by atoms with Crippen LogP contribution in [0.1, 0.15) is 50.8 Å². The Morgan fingerprint density at radius 2 is 1.70 bits per heavy atom. The van der Waals surface area contributed by atoms with Crippen molar-refractivity contribution in [3.05, 3.63) is 59.7 Å². The molecule has 1 unspecified atom stereocenters. The quantitative estimate of drug-likeness (QED) is 0.681. The van der Waals surface area contributed by atoms with Gasteiger partial charge in [0.25, 0.3) is 0 Å². The summed E-state index contributed by atoms with van der Waals surface area (Å²) in [6.45, 7) is 6.43. The molecular weight excluding hydrogens is 374 g/mol. The summed E-state index contributed by atoms with van der Waals surface area (Å²) in [5, 5.41) is 3.04. The summed E-state index contributed by atoms with van der Waals surface area (Å²) in [5.74, 6) is 0.255. The fourth-order valence-corrected chi connectivity index (χ4v) is 3.65. The normalized spacial score (nSPS) is 14.3. The summed E-state index contributed by atoms with van der Waals surface area (Å²) in [4.78, 5) is 29.4. The number of nitrogens with zero attached hydrogens (tertiary/aromatic N) is 2. The van der Waals surface area contributed by atoms with Crippen LogP contribution in [0.15, 0.2) is 48.5 Å². The van der Waals surface area contributed by atoms with E-state index in [4.69, 9.17) is 0 Å². The van der Waals surface area contributed by atoms with E-state index in [1.165, 1.54) is 0 Å². The van der Waals surface area contributed by atoms with Gasteiger partial charge in [-0.1, -0.05) is 44.2 Å². The van der Waals surface area contributed by atoms with Gasteiger partial charge in [0.1, 0.15) is 0 Å². The Morgan fingerprint density at radius 3 is 2.27 bits per heavy atom. The van der Waals surface area contributed by atoms with Crippen molar-refractivity contribution in [2.75, 3.05) is 24.3 Å². The van der Waals surface area contributed by atoms with Crippen LogP contribution >= 0.6 is 0 Å². The molecule has 2 aromatic rings. The van der Waals surface area contributed by atoms with Crippen LogP contribution in [0.2, 0.25) is 0 Å². The lowest BCUT2D eigenvalue weighted by molar-refractivity contribution is -0.137. The molecule has 0 saturated heterocycles. The molecule has 0 aliphatic heterocycles. The smallest absolute Gasteiger partial charge is 0.227 e. The highest BCUT2D eigenvalue weighted by Crippen LogP contribution is 2.32. The van der Waals surface area contributed by atoms with Crippen molar-refractivity contribution in [1.82, 2.24) is 4.90 Å². The van der Waals surface area contributed by atoms with E-state index in [0.29, 0.717) is 6.54 Å². The van der Waals surface area contributed by atoms with Gasteiger partial charge in [0, 0.05) is 43.9 Å².